The van der Waals surface area contributed by atoms with Crippen LogP contribution < -0.4 is 10.1 Å². The maximum atomic E-state index is 12.1. The van der Waals surface area contributed by atoms with Crippen molar-refractivity contribution in [3.8, 4) is 5.75 Å². The summed E-state index contributed by atoms with van der Waals surface area (Å²) in [6.07, 6.45) is 0.860. The lowest BCUT2D eigenvalue weighted by atomic mass is 10.0. The molecule has 1 saturated heterocycles. The number of carbonyl (C=O) groups excluding carboxylic acids is 1. The molecule has 1 atom stereocenters. The molecule has 0 bridgehead atoms. The first kappa shape index (κ1) is 17.6. The summed E-state index contributed by atoms with van der Waals surface area (Å²) in [6, 6.07) is 7.71. The van der Waals surface area contributed by atoms with Crippen LogP contribution in [0.3, 0.4) is 0 Å². The van der Waals surface area contributed by atoms with Gasteiger partial charge in [-0.15, -0.1) is 0 Å². The third-order valence-corrected chi connectivity index (χ3v) is 5.59. The van der Waals surface area contributed by atoms with Crippen LogP contribution in [0.4, 0.5) is 4.79 Å². The molecule has 7 heteroatoms. The van der Waals surface area contributed by atoms with Crippen LogP contribution in [-0.4, -0.2) is 57.6 Å². The first-order chi connectivity index (χ1) is 10.9. The van der Waals surface area contributed by atoms with E-state index >= 15 is 0 Å². The van der Waals surface area contributed by atoms with E-state index in [9.17, 15) is 13.2 Å². The van der Waals surface area contributed by atoms with E-state index in [2.05, 4.69) is 12.2 Å². The summed E-state index contributed by atoms with van der Waals surface area (Å²) in [4.78, 5) is 13.6. The Morgan fingerprint density at radius 2 is 1.87 bits per heavy atom. The number of methoxy groups -OCH3 is 1. The molecule has 128 valence electrons. The summed E-state index contributed by atoms with van der Waals surface area (Å²) in [5.41, 5.74) is 1.19. The molecule has 0 radical (unpaired) electrons. The number of nitrogens with zero attached hydrogens (tertiary/aromatic N) is 1. The van der Waals surface area contributed by atoms with E-state index < -0.39 is 9.84 Å². The van der Waals surface area contributed by atoms with Crippen LogP contribution in [-0.2, 0) is 16.3 Å². The average Bonchev–Trinajstić information content (AvgIpc) is 2.53. The molecule has 2 amide bonds. The molecule has 1 aromatic rings. The third kappa shape index (κ3) is 5.42. The van der Waals surface area contributed by atoms with Crippen molar-refractivity contribution >= 4 is 15.9 Å². The van der Waals surface area contributed by atoms with Crippen LogP contribution in [0.25, 0.3) is 0 Å². The molecule has 1 heterocycles. The minimum absolute atomic E-state index is 0.0574. The van der Waals surface area contributed by atoms with Crippen LogP contribution in [0.15, 0.2) is 24.3 Å². The van der Waals surface area contributed by atoms with E-state index in [1.54, 1.807) is 12.0 Å². The number of urea groups is 1. The lowest BCUT2D eigenvalue weighted by Gasteiger charge is -2.27. The molecule has 1 fully saturated rings. The van der Waals surface area contributed by atoms with E-state index in [0.717, 1.165) is 12.2 Å². The fourth-order valence-electron chi connectivity index (χ4n) is 2.53. The second-order valence-electron chi connectivity index (χ2n) is 5.98. The highest BCUT2D eigenvalue weighted by Gasteiger charge is 2.24. The monoisotopic (exact) mass is 340 g/mol. The fraction of sp³-hybridized carbons (Fsp3) is 0.562. The Bertz CT molecular complexity index is 614. The summed E-state index contributed by atoms with van der Waals surface area (Å²) < 4.78 is 27.9. The van der Waals surface area contributed by atoms with Gasteiger partial charge in [-0.2, -0.15) is 0 Å². The molecule has 2 rings (SSSR count). The Morgan fingerprint density at radius 3 is 2.43 bits per heavy atom. The van der Waals surface area contributed by atoms with Gasteiger partial charge in [-0.3, -0.25) is 0 Å². The number of ether oxygens (including phenoxy) is 1. The van der Waals surface area contributed by atoms with E-state index in [4.69, 9.17) is 4.74 Å². The number of nitrogens with one attached hydrogen (secondary N) is 1. The van der Waals surface area contributed by atoms with Crippen LogP contribution in [0.5, 0.6) is 5.75 Å². The fourth-order valence-corrected chi connectivity index (χ4v) is 3.73. The van der Waals surface area contributed by atoms with Gasteiger partial charge in [0.25, 0.3) is 0 Å². The molecule has 0 aliphatic carbocycles. The van der Waals surface area contributed by atoms with Gasteiger partial charge < -0.3 is 15.0 Å². The average molecular weight is 340 g/mol. The van der Waals surface area contributed by atoms with E-state index in [1.807, 2.05) is 24.3 Å². The smallest absolute Gasteiger partial charge is 0.317 e. The lowest BCUT2D eigenvalue weighted by Crippen LogP contribution is -2.49. The van der Waals surface area contributed by atoms with Gasteiger partial charge in [0.2, 0.25) is 0 Å². The van der Waals surface area contributed by atoms with Crippen molar-refractivity contribution in [2.75, 3.05) is 38.2 Å². The van der Waals surface area contributed by atoms with Gasteiger partial charge in [0.15, 0.2) is 9.84 Å². The van der Waals surface area contributed by atoms with E-state index in [-0.39, 0.29) is 30.6 Å². The maximum Gasteiger partial charge on any atom is 0.317 e. The van der Waals surface area contributed by atoms with Crippen molar-refractivity contribution in [1.29, 1.82) is 0 Å². The van der Waals surface area contributed by atoms with Crippen molar-refractivity contribution in [2.24, 2.45) is 5.92 Å². The molecule has 23 heavy (non-hydrogen) atoms. The Labute approximate surface area is 137 Å². The predicted molar refractivity (Wildman–Crippen MR) is 89.5 cm³/mol. The van der Waals surface area contributed by atoms with Crippen LogP contribution in [0, 0.1) is 5.92 Å². The van der Waals surface area contributed by atoms with Crippen LogP contribution in [0.1, 0.15) is 12.5 Å². The molecule has 1 N–H and O–H groups in total. The molecule has 0 aromatic heterocycles. The Morgan fingerprint density at radius 1 is 1.26 bits per heavy atom. The Hall–Kier alpha value is -1.76. The number of hydrogen-bond donors (Lipinski definition) is 1. The first-order valence-corrected chi connectivity index (χ1v) is 9.58. The third-order valence-electron chi connectivity index (χ3n) is 3.98. The zero-order valence-electron chi connectivity index (χ0n) is 13.6. The number of hydrogen-bond acceptors (Lipinski definition) is 4. The minimum atomic E-state index is -2.96. The summed E-state index contributed by atoms with van der Waals surface area (Å²) in [7, 11) is -1.32. The Kier molecular flexibility index (Phi) is 5.87. The zero-order chi connectivity index (χ0) is 16.9. The topological polar surface area (TPSA) is 75.7 Å². The molecule has 1 aliphatic rings. The second-order valence-corrected chi connectivity index (χ2v) is 8.29. The van der Waals surface area contributed by atoms with Crippen LogP contribution >= 0.6 is 0 Å². The molecule has 1 aliphatic heterocycles. The van der Waals surface area contributed by atoms with Crippen molar-refractivity contribution < 1.29 is 17.9 Å². The Balaban J connectivity index is 1.75. The van der Waals surface area contributed by atoms with Gasteiger partial charge in [-0.1, -0.05) is 19.1 Å². The SMILES string of the molecule is COc1ccc(C[C@@H](C)CNC(=O)N2CCS(=O)(=O)CC2)cc1. The van der Waals surface area contributed by atoms with E-state index in [1.165, 1.54) is 5.56 Å². The van der Waals surface area contributed by atoms with Crippen molar-refractivity contribution in [3.05, 3.63) is 29.8 Å². The number of benzene rings is 1. The van der Waals surface area contributed by atoms with E-state index in [0.29, 0.717) is 12.5 Å². The van der Waals surface area contributed by atoms with Crippen molar-refractivity contribution in [3.63, 3.8) is 0 Å². The van der Waals surface area contributed by atoms with Gasteiger partial charge in [0.1, 0.15) is 5.75 Å². The van der Waals surface area contributed by atoms with Gasteiger partial charge >= 0.3 is 6.03 Å². The zero-order valence-corrected chi connectivity index (χ0v) is 14.4. The second kappa shape index (κ2) is 7.68. The minimum Gasteiger partial charge on any atom is -0.497 e. The summed E-state index contributed by atoms with van der Waals surface area (Å²) in [5.74, 6) is 1.24. The summed E-state index contributed by atoms with van der Waals surface area (Å²) in [5, 5.41) is 2.89. The highest BCUT2D eigenvalue weighted by Crippen LogP contribution is 2.14. The number of amides is 2. The van der Waals surface area contributed by atoms with Gasteiger partial charge in [0, 0.05) is 19.6 Å². The van der Waals surface area contributed by atoms with Gasteiger partial charge in [-0.05, 0) is 30.0 Å². The predicted octanol–water partition coefficient (Wildman–Crippen LogP) is 1.31. The molecule has 6 nitrogen and oxygen atoms in total. The normalized spacial score (nSPS) is 18.3. The lowest BCUT2D eigenvalue weighted by molar-refractivity contribution is 0.200. The molecule has 1 aromatic carbocycles. The van der Waals surface area contributed by atoms with Crippen LogP contribution in [0.2, 0.25) is 0 Å². The van der Waals surface area contributed by atoms with Gasteiger partial charge in [-0.25, -0.2) is 13.2 Å². The summed E-state index contributed by atoms with van der Waals surface area (Å²) in [6.45, 7) is 3.20. The molecule has 0 saturated carbocycles. The molecular formula is C16H24N2O4S. The van der Waals surface area contributed by atoms with Gasteiger partial charge in [0.05, 0.1) is 18.6 Å². The number of sulfone groups is 1. The van der Waals surface area contributed by atoms with Crippen molar-refractivity contribution in [1.82, 2.24) is 10.2 Å². The highest BCUT2D eigenvalue weighted by atomic mass is 32.2. The summed E-state index contributed by atoms with van der Waals surface area (Å²) >= 11 is 0. The largest absolute Gasteiger partial charge is 0.497 e. The first-order valence-electron chi connectivity index (χ1n) is 7.76. The standard InChI is InChI=1S/C16H24N2O4S/c1-13(11-14-3-5-15(22-2)6-4-14)12-17-16(19)18-7-9-23(20,21)10-8-18/h3-6,13H,7-12H2,1-2H3,(H,17,19)/t13-/m1/s1. The number of carbonyl (C=O) groups is 1. The maximum absolute atomic E-state index is 12.1. The highest BCUT2D eigenvalue weighted by molar-refractivity contribution is 7.91. The quantitative estimate of drug-likeness (QED) is 0.877. The number of rotatable bonds is 5. The molecule has 0 unspecified atom stereocenters. The van der Waals surface area contributed by atoms with Crippen molar-refractivity contribution in [2.45, 2.75) is 13.3 Å². The molecular weight excluding hydrogens is 316 g/mol. The molecule has 0 spiro atoms.